The summed E-state index contributed by atoms with van der Waals surface area (Å²) in [7, 11) is 1.66. The molecule has 1 amide bonds. The highest BCUT2D eigenvalue weighted by atomic mass is 79.9. The number of nitrogens with zero attached hydrogens (tertiary/aromatic N) is 3. The minimum atomic E-state index is -1.40. The fourth-order valence-corrected chi connectivity index (χ4v) is 6.10. The molecule has 1 spiro atoms. The molecule has 7 rings (SSSR count). The number of halogens is 1. The van der Waals surface area contributed by atoms with E-state index in [0.717, 1.165) is 43.9 Å². The van der Waals surface area contributed by atoms with E-state index in [-0.39, 0.29) is 11.9 Å². The second-order valence-corrected chi connectivity index (χ2v) is 10.6. The minimum absolute atomic E-state index is 0.138. The molecule has 0 radical (unpaired) electrons. The molecule has 0 aliphatic carbocycles. The highest BCUT2D eigenvalue weighted by Gasteiger charge is 2.63. The van der Waals surface area contributed by atoms with Crippen molar-refractivity contribution in [2.24, 2.45) is 5.10 Å². The van der Waals surface area contributed by atoms with Gasteiger partial charge in [0.25, 0.3) is 5.91 Å². The van der Waals surface area contributed by atoms with Gasteiger partial charge in [-0.1, -0.05) is 64.5 Å². The van der Waals surface area contributed by atoms with E-state index >= 15 is 0 Å². The lowest BCUT2D eigenvalue weighted by Gasteiger charge is -2.44. The molecule has 0 saturated carbocycles. The van der Waals surface area contributed by atoms with E-state index in [1.807, 2.05) is 101 Å². The van der Waals surface area contributed by atoms with E-state index in [1.165, 1.54) is 0 Å². The third-order valence-corrected chi connectivity index (χ3v) is 8.02. The number of rotatable bonds is 4. The Labute approximate surface area is 229 Å². The summed E-state index contributed by atoms with van der Waals surface area (Å²) in [6.07, 6.45) is 0.648. The Morgan fingerprint density at radius 3 is 2.55 bits per heavy atom. The van der Waals surface area contributed by atoms with Crippen LogP contribution < -0.4 is 14.4 Å². The molecular formula is C31H24BrN3O3. The summed E-state index contributed by atoms with van der Waals surface area (Å²) in [5.41, 5.74) is 4.20. The molecule has 6 nitrogen and oxygen atoms in total. The molecular weight excluding hydrogens is 542 g/mol. The molecule has 0 bridgehead atoms. The molecule has 3 heterocycles. The summed E-state index contributed by atoms with van der Waals surface area (Å²) in [5, 5.41) is 7.01. The van der Waals surface area contributed by atoms with E-state index in [9.17, 15) is 4.79 Å². The van der Waals surface area contributed by atoms with Gasteiger partial charge in [-0.15, -0.1) is 0 Å². The Hall–Kier alpha value is -4.10. The highest BCUT2D eigenvalue weighted by Crippen LogP contribution is 2.56. The maximum atomic E-state index is 14.6. The minimum Gasteiger partial charge on any atom is -0.497 e. The molecule has 3 aliphatic rings. The fraction of sp³-hybridized carbons (Fsp3) is 0.161. The van der Waals surface area contributed by atoms with Gasteiger partial charge < -0.3 is 14.4 Å². The predicted octanol–water partition coefficient (Wildman–Crippen LogP) is 6.40. The maximum Gasteiger partial charge on any atom is 0.306 e. The Balaban J connectivity index is 1.39. The highest BCUT2D eigenvalue weighted by molar-refractivity contribution is 9.10. The molecule has 38 heavy (non-hydrogen) atoms. The van der Waals surface area contributed by atoms with Gasteiger partial charge in [0.05, 0.1) is 36.7 Å². The van der Waals surface area contributed by atoms with Gasteiger partial charge in [-0.2, -0.15) is 5.10 Å². The van der Waals surface area contributed by atoms with Crippen LogP contribution in [0.5, 0.6) is 11.5 Å². The molecule has 188 valence electrons. The van der Waals surface area contributed by atoms with Crippen LogP contribution in [0.2, 0.25) is 0 Å². The van der Waals surface area contributed by atoms with Crippen LogP contribution >= 0.6 is 15.9 Å². The topological polar surface area (TPSA) is 54.4 Å². The predicted molar refractivity (Wildman–Crippen MR) is 149 cm³/mol. The first-order valence-corrected chi connectivity index (χ1v) is 13.3. The van der Waals surface area contributed by atoms with E-state index in [0.29, 0.717) is 18.7 Å². The molecule has 0 saturated heterocycles. The Morgan fingerprint density at radius 1 is 1.00 bits per heavy atom. The zero-order valence-electron chi connectivity index (χ0n) is 20.7. The number of hydrogen-bond donors (Lipinski definition) is 0. The summed E-state index contributed by atoms with van der Waals surface area (Å²) in [6, 6.07) is 31.6. The molecule has 2 atom stereocenters. The van der Waals surface area contributed by atoms with Crippen LogP contribution in [0.15, 0.2) is 107 Å². The molecule has 0 fully saturated rings. The average Bonchev–Trinajstić information content (AvgIpc) is 3.50. The number of ether oxygens (including phenoxy) is 2. The molecule has 3 aliphatic heterocycles. The first-order valence-electron chi connectivity index (χ1n) is 12.5. The first kappa shape index (κ1) is 23.0. The van der Waals surface area contributed by atoms with Crippen LogP contribution in [0.4, 0.5) is 5.69 Å². The van der Waals surface area contributed by atoms with Crippen LogP contribution in [0.25, 0.3) is 0 Å². The number of benzene rings is 4. The van der Waals surface area contributed by atoms with Crippen molar-refractivity contribution in [1.82, 2.24) is 5.01 Å². The normalized spacial score (nSPS) is 21.1. The number of hydrazone groups is 1. The maximum absolute atomic E-state index is 14.6. The average molecular weight is 566 g/mol. The zero-order valence-corrected chi connectivity index (χ0v) is 22.3. The second-order valence-electron chi connectivity index (χ2n) is 9.66. The van der Waals surface area contributed by atoms with Crippen molar-refractivity contribution in [3.63, 3.8) is 0 Å². The van der Waals surface area contributed by atoms with Crippen molar-refractivity contribution < 1.29 is 14.3 Å². The number of para-hydroxylation sites is 1. The molecule has 4 aromatic rings. The number of carbonyl (C=O) groups is 1. The Morgan fingerprint density at radius 2 is 1.76 bits per heavy atom. The summed E-state index contributed by atoms with van der Waals surface area (Å²) in [5.74, 6) is 1.35. The van der Waals surface area contributed by atoms with Crippen LogP contribution in [-0.2, 0) is 17.1 Å². The smallest absolute Gasteiger partial charge is 0.306 e. The lowest BCUT2D eigenvalue weighted by atomic mass is 9.92. The summed E-state index contributed by atoms with van der Waals surface area (Å²) < 4.78 is 13.1. The number of carbonyl (C=O) groups excluding carboxylic acids is 1. The van der Waals surface area contributed by atoms with Crippen LogP contribution in [0, 0.1) is 0 Å². The lowest BCUT2D eigenvalue weighted by Crippen LogP contribution is -2.57. The molecule has 4 aromatic carbocycles. The Kier molecular flexibility index (Phi) is 5.30. The van der Waals surface area contributed by atoms with Crippen molar-refractivity contribution >= 4 is 33.2 Å². The largest absolute Gasteiger partial charge is 0.497 e. The first-order chi connectivity index (χ1) is 18.6. The van der Waals surface area contributed by atoms with Crippen LogP contribution in [-0.4, -0.2) is 23.7 Å². The third-order valence-electron chi connectivity index (χ3n) is 7.52. The SMILES string of the molecule is COc1ccc(C2=NN3[C@H](C2)c2cc(Br)ccc2O[C@@]32C(=O)N(Cc3ccccc3)c3ccccc32)cc1. The Bertz CT molecular complexity index is 1590. The van der Waals surface area contributed by atoms with Crippen molar-refractivity contribution in [2.45, 2.75) is 24.7 Å². The number of methoxy groups -OCH3 is 1. The van der Waals surface area contributed by atoms with E-state index in [2.05, 4.69) is 22.0 Å². The van der Waals surface area contributed by atoms with Gasteiger partial charge in [-0.3, -0.25) is 4.79 Å². The molecule has 0 aromatic heterocycles. The summed E-state index contributed by atoms with van der Waals surface area (Å²) in [4.78, 5) is 16.4. The van der Waals surface area contributed by atoms with Gasteiger partial charge in [-0.25, -0.2) is 5.01 Å². The lowest BCUT2D eigenvalue weighted by molar-refractivity contribution is -0.164. The molecule has 0 N–H and O–H groups in total. The monoisotopic (exact) mass is 565 g/mol. The fourth-order valence-electron chi connectivity index (χ4n) is 5.73. The van der Waals surface area contributed by atoms with Crippen molar-refractivity contribution in [3.05, 3.63) is 124 Å². The van der Waals surface area contributed by atoms with Gasteiger partial charge in [0.1, 0.15) is 11.5 Å². The van der Waals surface area contributed by atoms with Gasteiger partial charge in [-0.05, 0) is 59.7 Å². The summed E-state index contributed by atoms with van der Waals surface area (Å²) in [6.45, 7) is 0.447. The molecule has 0 unspecified atom stereocenters. The van der Waals surface area contributed by atoms with E-state index < -0.39 is 5.72 Å². The van der Waals surface area contributed by atoms with Crippen molar-refractivity contribution in [3.8, 4) is 11.5 Å². The van der Waals surface area contributed by atoms with Gasteiger partial charge in [0.2, 0.25) is 0 Å². The summed E-state index contributed by atoms with van der Waals surface area (Å²) >= 11 is 3.62. The van der Waals surface area contributed by atoms with Crippen LogP contribution in [0.1, 0.15) is 34.7 Å². The second kappa shape index (κ2) is 8.74. The van der Waals surface area contributed by atoms with Crippen molar-refractivity contribution in [1.29, 1.82) is 0 Å². The van der Waals surface area contributed by atoms with Crippen LogP contribution in [0.3, 0.4) is 0 Å². The number of hydrogen-bond acceptors (Lipinski definition) is 5. The van der Waals surface area contributed by atoms with Gasteiger partial charge >= 0.3 is 5.72 Å². The van der Waals surface area contributed by atoms with E-state index in [1.54, 1.807) is 7.11 Å². The quantitative estimate of drug-likeness (QED) is 0.287. The standard InChI is InChI=1S/C31H24BrN3O3/c1-37-23-14-11-21(12-15-23)26-18-28-24-17-22(32)13-16-29(24)38-31(35(28)33-26)25-9-5-6-10-27(25)34(30(31)36)19-20-7-3-2-4-8-20/h2-17,28H,18-19H2,1H3/t28-,31+/m1/s1. The number of fused-ring (bicyclic) bond motifs is 6. The zero-order chi connectivity index (χ0) is 25.9. The van der Waals surface area contributed by atoms with E-state index in [4.69, 9.17) is 14.6 Å². The van der Waals surface area contributed by atoms with Gasteiger partial charge in [0, 0.05) is 16.5 Å². The van der Waals surface area contributed by atoms with Gasteiger partial charge in [0.15, 0.2) is 0 Å². The van der Waals surface area contributed by atoms with Crippen molar-refractivity contribution in [2.75, 3.05) is 12.0 Å². The third kappa shape index (κ3) is 3.38. The number of anilines is 1. The molecule has 7 heteroatoms. The number of amides is 1.